The second-order valence-electron chi connectivity index (χ2n) is 5.69. The Hall–Kier alpha value is -1.04. The van der Waals surface area contributed by atoms with Gasteiger partial charge in [0.25, 0.3) is 0 Å². The molecule has 4 nitrogen and oxygen atoms in total. The van der Waals surface area contributed by atoms with Gasteiger partial charge in [0, 0.05) is 28.2 Å². The van der Waals surface area contributed by atoms with Crippen molar-refractivity contribution in [2.75, 3.05) is 12.3 Å². The Balaban J connectivity index is 2.14. The predicted octanol–water partition coefficient (Wildman–Crippen LogP) is 3.70. The molecule has 0 fully saturated rings. The van der Waals surface area contributed by atoms with Gasteiger partial charge in [0.2, 0.25) is 10.0 Å². The van der Waals surface area contributed by atoms with E-state index in [9.17, 15) is 8.42 Å². The van der Waals surface area contributed by atoms with Gasteiger partial charge in [-0.2, -0.15) is 0 Å². The summed E-state index contributed by atoms with van der Waals surface area (Å²) in [5.74, 6) is 0.196. The van der Waals surface area contributed by atoms with Gasteiger partial charge < -0.3 is 4.98 Å². The van der Waals surface area contributed by atoms with Crippen LogP contribution in [0.1, 0.15) is 36.6 Å². The summed E-state index contributed by atoms with van der Waals surface area (Å²) < 4.78 is 26.3. The lowest BCUT2D eigenvalue weighted by molar-refractivity contribution is 0.578. The highest BCUT2D eigenvalue weighted by Crippen LogP contribution is 2.28. The summed E-state index contributed by atoms with van der Waals surface area (Å²) >= 11 is 6.14. The molecule has 2 aromatic rings. The first kappa shape index (κ1) is 17.3. The van der Waals surface area contributed by atoms with Gasteiger partial charge in [0.1, 0.15) is 0 Å². The number of unbranched alkanes of at least 4 members (excludes halogenated alkanes) is 1. The van der Waals surface area contributed by atoms with Crippen molar-refractivity contribution in [3.05, 3.63) is 34.0 Å². The van der Waals surface area contributed by atoms with E-state index in [1.165, 1.54) is 0 Å². The average molecular weight is 343 g/mol. The summed E-state index contributed by atoms with van der Waals surface area (Å²) in [6.07, 6.45) is 2.22. The molecule has 0 saturated heterocycles. The molecule has 0 saturated carbocycles. The Morgan fingerprint density at radius 2 is 2.00 bits per heavy atom. The zero-order chi connectivity index (χ0) is 16.3. The van der Waals surface area contributed by atoms with E-state index in [1.807, 2.05) is 32.9 Å². The van der Waals surface area contributed by atoms with Crippen LogP contribution in [0.4, 0.5) is 0 Å². The number of benzene rings is 1. The highest BCUT2D eigenvalue weighted by molar-refractivity contribution is 7.89. The van der Waals surface area contributed by atoms with Crippen molar-refractivity contribution in [1.29, 1.82) is 0 Å². The molecule has 2 rings (SSSR count). The van der Waals surface area contributed by atoms with Gasteiger partial charge in [-0.1, -0.05) is 24.9 Å². The van der Waals surface area contributed by atoms with Gasteiger partial charge in [-0.3, -0.25) is 0 Å². The first-order valence-corrected chi connectivity index (χ1v) is 9.61. The Bertz CT molecular complexity index is 766. The van der Waals surface area contributed by atoms with E-state index in [0.29, 0.717) is 24.4 Å². The van der Waals surface area contributed by atoms with Gasteiger partial charge in [-0.05, 0) is 49.9 Å². The molecule has 1 heterocycles. The topological polar surface area (TPSA) is 62.0 Å². The molecular formula is C16H23ClN2O2S. The Morgan fingerprint density at radius 3 is 2.68 bits per heavy atom. The molecule has 0 amide bonds. The minimum atomic E-state index is -3.17. The van der Waals surface area contributed by atoms with Crippen molar-refractivity contribution in [1.82, 2.24) is 9.71 Å². The smallest absolute Gasteiger partial charge is 0.211 e. The van der Waals surface area contributed by atoms with Crippen LogP contribution < -0.4 is 4.72 Å². The number of H-pyrrole nitrogens is 1. The van der Waals surface area contributed by atoms with Crippen LogP contribution in [0.15, 0.2) is 12.1 Å². The van der Waals surface area contributed by atoms with Crippen molar-refractivity contribution in [3.8, 4) is 0 Å². The Kier molecular flexibility index (Phi) is 5.53. The molecule has 6 heteroatoms. The molecule has 1 aromatic heterocycles. The van der Waals surface area contributed by atoms with E-state index >= 15 is 0 Å². The van der Waals surface area contributed by atoms with Crippen molar-refractivity contribution in [2.45, 2.75) is 40.0 Å². The summed E-state index contributed by atoms with van der Waals surface area (Å²) in [6, 6.07) is 3.87. The molecule has 0 bridgehead atoms. The number of hydrogen-bond donors (Lipinski definition) is 2. The average Bonchev–Trinajstić information content (AvgIpc) is 2.74. The van der Waals surface area contributed by atoms with Crippen molar-refractivity contribution < 1.29 is 8.42 Å². The minimum absolute atomic E-state index is 0.196. The number of sulfonamides is 1. The largest absolute Gasteiger partial charge is 0.358 e. The molecule has 22 heavy (non-hydrogen) atoms. The molecule has 1 aromatic carbocycles. The second kappa shape index (κ2) is 7.02. The van der Waals surface area contributed by atoms with Crippen LogP contribution >= 0.6 is 11.6 Å². The van der Waals surface area contributed by atoms with E-state index < -0.39 is 10.0 Å². The van der Waals surface area contributed by atoms with Crippen LogP contribution in [0.25, 0.3) is 10.9 Å². The number of fused-ring (bicyclic) bond motifs is 1. The zero-order valence-corrected chi connectivity index (χ0v) is 14.9. The first-order chi connectivity index (χ1) is 10.3. The lowest BCUT2D eigenvalue weighted by atomic mass is 10.1. The maximum atomic E-state index is 11.8. The summed E-state index contributed by atoms with van der Waals surface area (Å²) in [4.78, 5) is 3.37. The van der Waals surface area contributed by atoms with Crippen LogP contribution in [0.5, 0.6) is 0 Å². The second-order valence-corrected chi connectivity index (χ2v) is 8.05. The fourth-order valence-electron chi connectivity index (χ4n) is 2.67. The molecule has 122 valence electrons. The van der Waals surface area contributed by atoms with E-state index in [2.05, 4.69) is 9.71 Å². The van der Waals surface area contributed by atoms with E-state index in [4.69, 9.17) is 11.6 Å². The van der Waals surface area contributed by atoms with Crippen molar-refractivity contribution in [2.24, 2.45) is 0 Å². The van der Waals surface area contributed by atoms with Gasteiger partial charge in [0.15, 0.2) is 0 Å². The molecule has 2 N–H and O–H groups in total. The Morgan fingerprint density at radius 1 is 1.27 bits per heavy atom. The number of aromatic amines is 1. The van der Waals surface area contributed by atoms with Crippen LogP contribution in [-0.4, -0.2) is 25.7 Å². The maximum Gasteiger partial charge on any atom is 0.211 e. The molecule has 0 radical (unpaired) electrons. The SMILES string of the molecule is CCCCS(=O)(=O)NCCc1c(C)[nH]c2c(C)cc(Cl)cc12. The van der Waals surface area contributed by atoms with Crippen LogP contribution in [0.2, 0.25) is 5.02 Å². The minimum Gasteiger partial charge on any atom is -0.358 e. The molecule has 0 aliphatic heterocycles. The zero-order valence-electron chi connectivity index (χ0n) is 13.3. The van der Waals surface area contributed by atoms with Crippen molar-refractivity contribution >= 4 is 32.5 Å². The molecular weight excluding hydrogens is 320 g/mol. The lowest BCUT2D eigenvalue weighted by Gasteiger charge is -2.07. The van der Waals surface area contributed by atoms with E-state index in [-0.39, 0.29) is 5.75 Å². The number of halogens is 1. The third-order valence-corrected chi connectivity index (χ3v) is 5.54. The first-order valence-electron chi connectivity index (χ1n) is 7.58. The summed E-state index contributed by atoms with van der Waals surface area (Å²) in [7, 11) is -3.17. The molecule has 0 aliphatic carbocycles. The molecule has 0 unspecified atom stereocenters. The third kappa shape index (κ3) is 4.03. The fourth-order valence-corrected chi connectivity index (χ4v) is 4.17. The van der Waals surface area contributed by atoms with Crippen LogP contribution in [-0.2, 0) is 16.4 Å². The Labute approximate surface area is 137 Å². The normalized spacial score (nSPS) is 12.2. The van der Waals surface area contributed by atoms with Crippen LogP contribution in [0.3, 0.4) is 0 Å². The third-order valence-electron chi connectivity index (χ3n) is 3.85. The summed E-state index contributed by atoms with van der Waals surface area (Å²) in [6.45, 7) is 6.41. The predicted molar refractivity (Wildman–Crippen MR) is 93.2 cm³/mol. The number of aryl methyl sites for hydroxylation is 2. The number of hydrogen-bond acceptors (Lipinski definition) is 2. The molecule has 0 spiro atoms. The van der Waals surface area contributed by atoms with Gasteiger partial charge in [-0.25, -0.2) is 13.1 Å². The highest BCUT2D eigenvalue weighted by atomic mass is 35.5. The monoisotopic (exact) mass is 342 g/mol. The van der Waals surface area contributed by atoms with Crippen molar-refractivity contribution in [3.63, 3.8) is 0 Å². The molecule has 0 atom stereocenters. The van der Waals surface area contributed by atoms with Gasteiger partial charge >= 0.3 is 0 Å². The van der Waals surface area contributed by atoms with Gasteiger partial charge in [-0.15, -0.1) is 0 Å². The number of aromatic nitrogens is 1. The number of rotatable bonds is 7. The van der Waals surface area contributed by atoms with Gasteiger partial charge in [0.05, 0.1) is 5.75 Å². The lowest BCUT2D eigenvalue weighted by Crippen LogP contribution is -2.28. The number of nitrogens with one attached hydrogen (secondary N) is 2. The summed E-state index contributed by atoms with van der Waals surface area (Å²) in [5.41, 5.74) is 4.36. The molecule has 0 aliphatic rings. The quantitative estimate of drug-likeness (QED) is 0.805. The maximum absolute atomic E-state index is 11.8. The van der Waals surface area contributed by atoms with E-state index in [1.54, 1.807) is 0 Å². The fraction of sp³-hybridized carbons (Fsp3) is 0.500. The van der Waals surface area contributed by atoms with E-state index in [0.717, 1.165) is 34.1 Å². The van der Waals surface area contributed by atoms with Crippen LogP contribution in [0, 0.1) is 13.8 Å². The standard InChI is InChI=1S/C16H23ClN2O2S/c1-4-5-8-22(20,21)18-7-6-14-12(3)19-16-11(2)9-13(17)10-15(14)16/h9-10,18-19H,4-8H2,1-3H3. The summed E-state index contributed by atoms with van der Waals surface area (Å²) in [5, 5.41) is 1.78. The highest BCUT2D eigenvalue weighted by Gasteiger charge is 2.13.